The van der Waals surface area contributed by atoms with E-state index in [1.165, 1.54) is 21.1 Å². The van der Waals surface area contributed by atoms with Crippen LogP contribution in [-0.2, 0) is 35.7 Å². The zero-order chi connectivity index (χ0) is 25.7. The third-order valence-electron chi connectivity index (χ3n) is 5.94. The van der Waals surface area contributed by atoms with E-state index in [1.54, 1.807) is 35.1 Å². The minimum atomic E-state index is 0. The van der Waals surface area contributed by atoms with E-state index in [4.69, 9.17) is 21.2 Å². The highest BCUT2D eigenvalue weighted by Gasteiger charge is 2.19. The van der Waals surface area contributed by atoms with Crippen molar-refractivity contribution in [2.75, 3.05) is 24.7 Å². The minimum Gasteiger partial charge on any atom is -0.383 e. The van der Waals surface area contributed by atoms with E-state index in [0.29, 0.717) is 49.6 Å². The Kier molecular flexibility index (Phi) is 10.2. The van der Waals surface area contributed by atoms with Gasteiger partial charge in [0.15, 0.2) is 24.5 Å². The van der Waals surface area contributed by atoms with Crippen LogP contribution < -0.4 is 20.6 Å². The van der Waals surface area contributed by atoms with Crippen LogP contribution in [0.3, 0.4) is 0 Å². The van der Waals surface area contributed by atoms with Gasteiger partial charge in [-0.1, -0.05) is 22.7 Å². The predicted octanol–water partition coefficient (Wildman–Crippen LogP) is 2.61. The highest BCUT2D eigenvalue weighted by atomic mass is 35.5. The largest absolute Gasteiger partial charge is 0.383 e. The van der Waals surface area contributed by atoms with Crippen molar-refractivity contribution in [3.8, 4) is 0 Å². The molecule has 0 aliphatic rings. The highest BCUT2D eigenvalue weighted by molar-refractivity contribution is 7.09. The number of nitrogens with two attached hydrogens (primary N) is 2. The number of rotatable bonds is 11. The van der Waals surface area contributed by atoms with Crippen LogP contribution in [0.1, 0.15) is 43.9 Å². The zero-order valence-electron chi connectivity index (χ0n) is 21.4. The molecule has 4 aromatic rings. The molecule has 0 saturated carbocycles. The maximum atomic E-state index is 6.04. The van der Waals surface area contributed by atoms with E-state index in [-0.39, 0.29) is 12.4 Å². The Labute approximate surface area is 230 Å². The smallest absolute Gasteiger partial charge is 0.225 e. The summed E-state index contributed by atoms with van der Waals surface area (Å²) in [4.78, 5) is 30.4. The molecule has 10 nitrogen and oxygen atoms in total. The second kappa shape index (κ2) is 13.2. The van der Waals surface area contributed by atoms with Gasteiger partial charge in [-0.25, -0.2) is 29.7 Å². The van der Waals surface area contributed by atoms with Gasteiger partial charge >= 0.3 is 0 Å². The molecule has 4 N–H and O–H groups in total. The van der Waals surface area contributed by atoms with Gasteiger partial charge in [0.2, 0.25) is 11.0 Å². The fourth-order valence-corrected chi connectivity index (χ4v) is 5.67. The number of hydrogen-bond donors (Lipinski definition) is 2. The van der Waals surface area contributed by atoms with Crippen LogP contribution in [-0.4, -0.2) is 33.1 Å². The van der Waals surface area contributed by atoms with Crippen molar-refractivity contribution in [3.63, 3.8) is 0 Å². The Hall–Kier alpha value is -2.77. The summed E-state index contributed by atoms with van der Waals surface area (Å²) in [7, 11) is 0. The third kappa shape index (κ3) is 7.39. The Balaban J connectivity index is 0.00000380. The first-order valence-electron chi connectivity index (χ1n) is 11.6. The second-order valence-electron chi connectivity index (χ2n) is 8.52. The molecule has 0 radical (unpaired) electrons. The normalized spacial score (nSPS) is 11.0. The Morgan fingerprint density at radius 1 is 0.730 bits per heavy atom. The van der Waals surface area contributed by atoms with Crippen LogP contribution in [0.5, 0.6) is 0 Å². The van der Waals surface area contributed by atoms with Crippen LogP contribution >= 0.6 is 35.1 Å². The molecule has 37 heavy (non-hydrogen) atoms. The summed E-state index contributed by atoms with van der Waals surface area (Å²) in [6.45, 7) is 10.2. The van der Waals surface area contributed by atoms with Crippen LogP contribution in [0.2, 0.25) is 0 Å². The summed E-state index contributed by atoms with van der Waals surface area (Å²) in [5.74, 6) is 2.41. The monoisotopic (exact) mass is 564 g/mol. The van der Waals surface area contributed by atoms with Gasteiger partial charge in [0.05, 0.1) is 34.1 Å². The Bertz CT molecular complexity index is 1240. The van der Waals surface area contributed by atoms with Crippen LogP contribution in [0.4, 0.5) is 11.6 Å². The first-order chi connectivity index (χ1) is 17.3. The summed E-state index contributed by atoms with van der Waals surface area (Å²) in [6.07, 6.45) is 5.14. The molecule has 0 aromatic carbocycles. The molecule has 0 aliphatic carbocycles. The average molecular weight is 565 g/mol. The highest BCUT2D eigenvalue weighted by Crippen LogP contribution is 2.16. The lowest BCUT2D eigenvalue weighted by atomic mass is 10.2. The van der Waals surface area contributed by atoms with Gasteiger partial charge in [-0.05, 0) is 13.8 Å². The number of thiazole rings is 2. The molecule has 0 atom stereocenters. The van der Waals surface area contributed by atoms with Gasteiger partial charge in [-0.2, -0.15) is 9.13 Å². The molecule has 0 bridgehead atoms. The quantitative estimate of drug-likeness (QED) is 0.123. The fraction of sp³-hybridized carbons (Fsp3) is 0.417. The first kappa shape index (κ1) is 28.8. The summed E-state index contributed by atoms with van der Waals surface area (Å²) in [6, 6.07) is 0. The lowest BCUT2D eigenvalue weighted by molar-refractivity contribution is -0.689. The van der Waals surface area contributed by atoms with Crippen molar-refractivity contribution in [3.05, 3.63) is 67.3 Å². The van der Waals surface area contributed by atoms with Crippen molar-refractivity contribution in [1.29, 1.82) is 0 Å². The van der Waals surface area contributed by atoms with Gasteiger partial charge in [-0.3, -0.25) is 0 Å². The van der Waals surface area contributed by atoms with Gasteiger partial charge in [-0.15, -0.1) is 12.4 Å². The number of anilines is 2. The second-order valence-corrected chi connectivity index (χ2v) is 10.4. The van der Waals surface area contributed by atoms with E-state index in [9.17, 15) is 0 Å². The molecule has 4 aromatic heterocycles. The average Bonchev–Trinajstić information content (AvgIpc) is 3.36. The standard InChI is InChI=1S/C24H32N8O2S2.ClH/c1-15-21(35-13-31(15)11-19-9-27-17(3)29-23(19)25)5-7-33-34-8-6-22-16(2)32(14-36-22)12-20-10-28-18(4)30-24(20)26;/h9-10,13-14H,5-8,11-12H2,1-4H3,(H2,25,27,29)(H2,26,28,30);1H/q+2;. The molecule has 0 aliphatic heterocycles. The molecular formula is C24H33ClN8O2S2+2. The summed E-state index contributed by atoms with van der Waals surface area (Å²) in [5, 5.41) is 0. The summed E-state index contributed by atoms with van der Waals surface area (Å²) < 4.78 is 4.33. The lowest BCUT2D eigenvalue weighted by Gasteiger charge is -2.04. The van der Waals surface area contributed by atoms with Gasteiger partial charge in [0.25, 0.3) is 0 Å². The van der Waals surface area contributed by atoms with Gasteiger partial charge in [0, 0.05) is 39.1 Å². The fourth-order valence-electron chi connectivity index (χ4n) is 3.72. The maximum Gasteiger partial charge on any atom is 0.225 e. The topological polar surface area (TPSA) is 130 Å². The first-order valence-corrected chi connectivity index (χ1v) is 13.4. The molecule has 0 amide bonds. The van der Waals surface area contributed by atoms with Crippen LogP contribution in [0.25, 0.3) is 0 Å². The summed E-state index contributed by atoms with van der Waals surface area (Å²) in [5.41, 5.74) is 20.5. The van der Waals surface area contributed by atoms with Crippen LogP contribution in [0, 0.1) is 27.7 Å². The maximum absolute atomic E-state index is 6.04. The molecule has 13 heteroatoms. The number of aryl methyl sites for hydroxylation is 2. The van der Waals surface area contributed by atoms with Crippen molar-refractivity contribution >= 4 is 46.7 Å². The van der Waals surface area contributed by atoms with E-state index < -0.39 is 0 Å². The van der Waals surface area contributed by atoms with Gasteiger partial charge < -0.3 is 11.5 Å². The van der Waals surface area contributed by atoms with E-state index >= 15 is 0 Å². The molecule has 0 fully saturated rings. The molecule has 4 heterocycles. The van der Waals surface area contributed by atoms with E-state index in [1.807, 2.05) is 13.8 Å². The van der Waals surface area contributed by atoms with E-state index in [2.05, 4.69) is 53.9 Å². The molecule has 0 spiro atoms. The van der Waals surface area contributed by atoms with Crippen LogP contribution in [0.15, 0.2) is 23.4 Å². The summed E-state index contributed by atoms with van der Waals surface area (Å²) >= 11 is 3.40. The number of nitrogens with zero attached hydrogens (tertiary/aromatic N) is 6. The lowest BCUT2D eigenvalue weighted by Crippen LogP contribution is -2.35. The number of halogens is 1. The Morgan fingerprint density at radius 2 is 1.14 bits per heavy atom. The van der Waals surface area contributed by atoms with Crippen molar-refractivity contribution < 1.29 is 18.9 Å². The van der Waals surface area contributed by atoms with Crippen molar-refractivity contribution in [1.82, 2.24) is 19.9 Å². The van der Waals surface area contributed by atoms with Crippen molar-refractivity contribution in [2.24, 2.45) is 0 Å². The van der Waals surface area contributed by atoms with Crippen molar-refractivity contribution in [2.45, 2.75) is 53.6 Å². The predicted molar refractivity (Wildman–Crippen MR) is 146 cm³/mol. The molecule has 0 unspecified atom stereocenters. The third-order valence-corrected chi connectivity index (χ3v) is 8.23. The number of nitrogen functional groups attached to an aromatic ring is 2. The Morgan fingerprint density at radius 3 is 1.51 bits per heavy atom. The molecule has 0 saturated heterocycles. The number of hydrogen-bond acceptors (Lipinski definition) is 10. The number of aromatic nitrogens is 6. The van der Waals surface area contributed by atoms with Gasteiger partial charge in [0.1, 0.15) is 23.3 Å². The SMILES string of the molecule is Cc1ncc(C[n+]2csc(CCOOCCc3sc[n+](Cc4cnc(C)nc4N)c3C)c2C)c(N)n1.Cl. The zero-order valence-corrected chi connectivity index (χ0v) is 23.9. The molecular weight excluding hydrogens is 532 g/mol. The molecule has 4 rings (SSSR count). The minimum absolute atomic E-state index is 0. The molecule has 198 valence electrons. The van der Waals surface area contributed by atoms with E-state index in [0.717, 1.165) is 24.0 Å².